The van der Waals surface area contributed by atoms with Gasteiger partial charge in [-0.15, -0.1) is 0 Å². The van der Waals surface area contributed by atoms with Crippen LogP contribution in [0, 0.1) is 5.82 Å². The number of nitrogens with one attached hydrogen (secondary N) is 1. The Bertz CT molecular complexity index is 715. The first-order valence-corrected chi connectivity index (χ1v) is 7.30. The smallest absolute Gasteiger partial charge is 0.250 e. The highest BCUT2D eigenvalue weighted by atomic mass is 35.5. The van der Waals surface area contributed by atoms with Crippen molar-refractivity contribution in [1.29, 1.82) is 0 Å². The fraction of sp³-hybridized carbons (Fsp3) is 0.267. The van der Waals surface area contributed by atoms with E-state index in [4.69, 9.17) is 23.2 Å². The van der Waals surface area contributed by atoms with E-state index < -0.39 is 5.82 Å². The highest BCUT2D eigenvalue weighted by Crippen LogP contribution is 2.33. The van der Waals surface area contributed by atoms with Crippen LogP contribution in [-0.4, -0.2) is 4.57 Å². The summed E-state index contributed by atoms with van der Waals surface area (Å²) in [6.45, 7) is 4.28. The van der Waals surface area contributed by atoms with Crippen molar-refractivity contribution in [2.75, 3.05) is 5.32 Å². The van der Waals surface area contributed by atoms with Crippen molar-refractivity contribution in [3.8, 4) is 0 Å². The minimum absolute atomic E-state index is 0.00585. The largest absolute Gasteiger partial charge is 0.377 e. The number of aromatic nitrogens is 1. The van der Waals surface area contributed by atoms with E-state index in [0.29, 0.717) is 17.1 Å². The first-order chi connectivity index (χ1) is 9.93. The Morgan fingerprint density at radius 1 is 1.29 bits per heavy atom. The Morgan fingerprint density at radius 2 is 2.00 bits per heavy atom. The van der Waals surface area contributed by atoms with Crippen LogP contribution in [0.5, 0.6) is 0 Å². The summed E-state index contributed by atoms with van der Waals surface area (Å²) in [5, 5.41) is 3.57. The van der Waals surface area contributed by atoms with E-state index in [-0.39, 0.29) is 16.6 Å². The zero-order valence-corrected chi connectivity index (χ0v) is 13.2. The SMILES string of the molecule is CCn1cc(NC(C)c2c(Cl)ccc(F)c2Cl)ccc1=O. The zero-order valence-electron chi connectivity index (χ0n) is 11.7. The summed E-state index contributed by atoms with van der Waals surface area (Å²) in [6.07, 6.45) is 1.71. The average Bonchev–Trinajstić information content (AvgIpc) is 2.45. The molecule has 0 radical (unpaired) electrons. The predicted octanol–water partition coefficient (Wildman–Crippen LogP) is 4.49. The van der Waals surface area contributed by atoms with E-state index in [0.717, 1.165) is 5.69 Å². The molecule has 2 rings (SSSR count). The van der Waals surface area contributed by atoms with Crippen LogP contribution in [0.25, 0.3) is 0 Å². The minimum atomic E-state index is -0.511. The molecule has 2 aromatic rings. The summed E-state index contributed by atoms with van der Waals surface area (Å²) < 4.78 is 15.1. The quantitative estimate of drug-likeness (QED) is 0.839. The van der Waals surface area contributed by atoms with Gasteiger partial charge in [-0.1, -0.05) is 23.2 Å². The molecule has 1 unspecified atom stereocenters. The van der Waals surface area contributed by atoms with E-state index in [1.807, 2.05) is 13.8 Å². The number of hydrogen-bond donors (Lipinski definition) is 1. The van der Waals surface area contributed by atoms with Gasteiger partial charge in [0.15, 0.2) is 0 Å². The minimum Gasteiger partial charge on any atom is -0.377 e. The van der Waals surface area contributed by atoms with Crippen molar-refractivity contribution in [3.63, 3.8) is 0 Å². The molecule has 0 spiro atoms. The standard InChI is InChI=1S/C15H15Cl2FN2O/c1-3-20-8-10(4-7-13(20)21)19-9(2)14-11(16)5-6-12(18)15(14)17/h4-9,19H,3H2,1-2H3. The molecule has 0 fully saturated rings. The normalized spacial score (nSPS) is 12.2. The molecule has 0 amide bonds. The molecular formula is C15H15Cl2FN2O. The van der Waals surface area contributed by atoms with Gasteiger partial charge in [-0.25, -0.2) is 4.39 Å². The second kappa shape index (κ2) is 6.50. The van der Waals surface area contributed by atoms with Crippen molar-refractivity contribution in [3.05, 3.63) is 62.2 Å². The number of benzene rings is 1. The third-order valence-electron chi connectivity index (χ3n) is 3.22. The van der Waals surface area contributed by atoms with E-state index in [1.165, 1.54) is 18.2 Å². The highest BCUT2D eigenvalue weighted by molar-refractivity contribution is 6.36. The number of nitrogens with zero attached hydrogens (tertiary/aromatic N) is 1. The molecule has 6 heteroatoms. The van der Waals surface area contributed by atoms with Gasteiger partial charge in [-0.05, 0) is 32.0 Å². The van der Waals surface area contributed by atoms with Crippen LogP contribution in [-0.2, 0) is 6.54 Å². The van der Waals surface area contributed by atoms with Gasteiger partial charge in [-0.3, -0.25) is 4.79 Å². The molecule has 1 aromatic carbocycles. The summed E-state index contributed by atoms with van der Waals surface area (Å²) >= 11 is 12.1. The van der Waals surface area contributed by atoms with E-state index in [2.05, 4.69) is 5.32 Å². The van der Waals surface area contributed by atoms with Gasteiger partial charge in [0.25, 0.3) is 5.56 Å². The summed E-state index contributed by atoms with van der Waals surface area (Å²) in [5.74, 6) is -0.511. The lowest BCUT2D eigenvalue weighted by Crippen LogP contribution is -2.18. The van der Waals surface area contributed by atoms with Crippen LogP contribution >= 0.6 is 23.2 Å². The molecule has 0 bridgehead atoms. The number of pyridine rings is 1. The van der Waals surface area contributed by atoms with Crippen LogP contribution < -0.4 is 10.9 Å². The molecule has 1 atom stereocenters. The van der Waals surface area contributed by atoms with Crippen molar-refractivity contribution >= 4 is 28.9 Å². The van der Waals surface area contributed by atoms with Crippen LogP contribution in [0.15, 0.2) is 35.3 Å². The van der Waals surface area contributed by atoms with Crippen LogP contribution in [0.1, 0.15) is 25.5 Å². The summed E-state index contributed by atoms with van der Waals surface area (Å²) in [6, 6.07) is 5.56. The number of rotatable bonds is 4. The Morgan fingerprint density at radius 3 is 2.67 bits per heavy atom. The van der Waals surface area contributed by atoms with Gasteiger partial charge in [0.1, 0.15) is 5.82 Å². The molecule has 112 valence electrons. The molecule has 1 heterocycles. The first-order valence-electron chi connectivity index (χ1n) is 6.54. The number of anilines is 1. The van der Waals surface area contributed by atoms with Gasteiger partial charge in [-0.2, -0.15) is 0 Å². The molecule has 1 aromatic heterocycles. The summed E-state index contributed by atoms with van der Waals surface area (Å²) in [7, 11) is 0. The lowest BCUT2D eigenvalue weighted by Gasteiger charge is -2.19. The molecule has 21 heavy (non-hydrogen) atoms. The van der Waals surface area contributed by atoms with Gasteiger partial charge in [0, 0.05) is 29.4 Å². The van der Waals surface area contributed by atoms with Crippen molar-refractivity contribution in [2.45, 2.75) is 26.4 Å². The fourth-order valence-corrected chi connectivity index (χ4v) is 2.82. The molecule has 1 N–H and O–H groups in total. The van der Waals surface area contributed by atoms with Gasteiger partial charge < -0.3 is 9.88 Å². The monoisotopic (exact) mass is 328 g/mol. The van der Waals surface area contributed by atoms with Crippen molar-refractivity contribution in [1.82, 2.24) is 4.57 Å². The Kier molecular flexibility index (Phi) is 4.91. The summed E-state index contributed by atoms with van der Waals surface area (Å²) in [5.41, 5.74) is 1.16. The second-order valence-electron chi connectivity index (χ2n) is 4.66. The summed E-state index contributed by atoms with van der Waals surface area (Å²) in [4.78, 5) is 11.6. The molecule has 0 saturated carbocycles. The third-order valence-corrected chi connectivity index (χ3v) is 3.93. The molecule has 0 aliphatic rings. The van der Waals surface area contributed by atoms with E-state index in [9.17, 15) is 9.18 Å². The maximum Gasteiger partial charge on any atom is 0.250 e. The van der Waals surface area contributed by atoms with Crippen LogP contribution in [0.2, 0.25) is 10.0 Å². The number of aryl methyl sites for hydroxylation is 1. The Balaban J connectivity index is 2.32. The Labute approximate surface area is 132 Å². The fourth-order valence-electron chi connectivity index (χ4n) is 2.13. The maximum absolute atomic E-state index is 13.6. The lowest BCUT2D eigenvalue weighted by atomic mass is 10.1. The van der Waals surface area contributed by atoms with Crippen LogP contribution in [0.4, 0.5) is 10.1 Å². The molecule has 3 nitrogen and oxygen atoms in total. The molecule has 0 aliphatic carbocycles. The predicted molar refractivity (Wildman–Crippen MR) is 84.8 cm³/mol. The number of halogens is 3. The van der Waals surface area contributed by atoms with E-state index in [1.54, 1.807) is 16.8 Å². The van der Waals surface area contributed by atoms with Gasteiger partial charge in [0.05, 0.1) is 16.8 Å². The Hall–Kier alpha value is -1.52. The highest BCUT2D eigenvalue weighted by Gasteiger charge is 2.17. The average molecular weight is 329 g/mol. The number of hydrogen-bond acceptors (Lipinski definition) is 2. The first kappa shape index (κ1) is 15.9. The zero-order chi connectivity index (χ0) is 15.6. The molecular weight excluding hydrogens is 314 g/mol. The second-order valence-corrected chi connectivity index (χ2v) is 5.45. The molecule has 0 saturated heterocycles. The molecule has 0 aliphatic heterocycles. The third kappa shape index (κ3) is 3.39. The van der Waals surface area contributed by atoms with Gasteiger partial charge >= 0.3 is 0 Å². The van der Waals surface area contributed by atoms with E-state index >= 15 is 0 Å². The van der Waals surface area contributed by atoms with Crippen LogP contribution in [0.3, 0.4) is 0 Å². The van der Waals surface area contributed by atoms with Gasteiger partial charge in [0.2, 0.25) is 0 Å². The van der Waals surface area contributed by atoms with Crippen molar-refractivity contribution in [2.24, 2.45) is 0 Å². The lowest BCUT2D eigenvalue weighted by molar-refractivity contribution is 0.624. The topological polar surface area (TPSA) is 34.0 Å². The maximum atomic E-state index is 13.6. The van der Waals surface area contributed by atoms with Crippen molar-refractivity contribution < 1.29 is 4.39 Å².